The fourth-order valence-corrected chi connectivity index (χ4v) is 7.36. The molecular formula is C20H24F2N10O9P2S2. The maximum Gasteiger partial charge on any atom is 0.386 e. The summed E-state index contributed by atoms with van der Waals surface area (Å²) in [7, 11) is -3.02. The van der Waals surface area contributed by atoms with Crippen molar-refractivity contribution in [3.8, 4) is 0 Å². The van der Waals surface area contributed by atoms with Crippen LogP contribution in [0.5, 0.6) is 0 Å². The van der Waals surface area contributed by atoms with E-state index in [9.17, 15) is 19.0 Å². The van der Waals surface area contributed by atoms with Gasteiger partial charge in [-0.05, 0) is 0 Å². The lowest BCUT2D eigenvalue weighted by Gasteiger charge is -2.25. The largest absolute Gasteiger partial charge is 0.394 e. The monoisotopic (exact) mass is 712 g/mol. The summed E-state index contributed by atoms with van der Waals surface area (Å²) in [6.45, 7) is -6.06. The van der Waals surface area contributed by atoms with E-state index in [2.05, 4.69) is 54.4 Å². The minimum absolute atomic E-state index is 0.0342. The molecular weight excluding hydrogens is 688 g/mol. The van der Waals surface area contributed by atoms with Crippen molar-refractivity contribution in [1.29, 1.82) is 0 Å². The summed E-state index contributed by atoms with van der Waals surface area (Å²) in [5.74, 6) is -0.239. The highest BCUT2D eigenvalue weighted by molar-refractivity contribution is 8.44. The molecule has 25 heteroatoms. The third-order valence-electron chi connectivity index (χ3n) is 6.99. The first kappa shape index (κ1) is 32.2. The van der Waals surface area contributed by atoms with E-state index >= 15 is 8.78 Å². The molecule has 0 amide bonds. The molecule has 0 radical (unpaired) electrons. The highest BCUT2D eigenvalue weighted by Crippen LogP contribution is 2.57. The van der Waals surface area contributed by atoms with Crippen LogP contribution in [0.25, 0.3) is 22.3 Å². The normalized spacial score (nSPS) is 30.7. The number of aromatic nitrogens is 8. The van der Waals surface area contributed by atoms with E-state index in [0.29, 0.717) is 0 Å². The van der Waals surface area contributed by atoms with Crippen LogP contribution in [0.4, 0.5) is 20.5 Å². The number of nitrogen functional groups attached to an aromatic ring is 2. The number of nitrogens with zero attached hydrogens (tertiary/aromatic N) is 7. The Morgan fingerprint density at radius 3 is 2.44 bits per heavy atom. The number of nitrogens with two attached hydrogens (primary N) is 2. The number of aromatic amines is 1. The molecule has 6 N–H and O–H groups in total. The number of nitrogens with one attached hydrogen (secondary N) is 1. The van der Waals surface area contributed by atoms with Crippen LogP contribution in [0, 0.1) is 0 Å². The van der Waals surface area contributed by atoms with E-state index in [1.807, 2.05) is 0 Å². The van der Waals surface area contributed by atoms with Crippen LogP contribution >= 0.6 is 38.5 Å². The quantitative estimate of drug-likeness (QED) is 0.0978. The Hall–Kier alpha value is -2.72. The number of hydrogen-bond acceptors (Lipinski definition) is 16. The Morgan fingerprint density at radius 2 is 1.73 bits per heavy atom. The summed E-state index contributed by atoms with van der Waals surface area (Å²) < 4.78 is 86.0. The molecule has 2 unspecified atom stereocenters. The van der Waals surface area contributed by atoms with E-state index in [-0.39, 0.29) is 34.1 Å². The van der Waals surface area contributed by atoms with Crippen LogP contribution in [-0.2, 0) is 32.2 Å². The van der Waals surface area contributed by atoms with Crippen molar-refractivity contribution < 1.29 is 46.1 Å². The summed E-state index contributed by atoms with van der Waals surface area (Å²) in [4.78, 5) is 34.4. The summed E-state index contributed by atoms with van der Waals surface area (Å²) in [6.07, 6.45) is -9.67. The van der Waals surface area contributed by atoms with Gasteiger partial charge in [-0.25, -0.2) is 33.3 Å². The lowest BCUT2D eigenvalue weighted by atomic mass is 10.1. The zero-order valence-electron chi connectivity index (χ0n) is 22.4. The summed E-state index contributed by atoms with van der Waals surface area (Å²) in [6, 6.07) is 0. The third kappa shape index (κ3) is 6.09. The van der Waals surface area contributed by atoms with Crippen molar-refractivity contribution in [2.75, 3.05) is 24.7 Å². The molecule has 0 aromatic carbocycles. The molecule has 0 bridgehead atoms. The topological polar surface area (TPSA) is 260 Å². The zero-order valence-corrected chi connectivity index (χ0v) is 26.0. The molecule has 2 saturated heterocycles. The number of imidazole rings is 2. The van der Waals surface area contributed by atoms with Crippen molar-refractivity contribution in [3.63, 3.8) is 0 Å². The number of aliphatic hydroxyl groups excluding tert-OH is 1. The van der Waals surface area contributed by atoms with Crippen molar-refractivity contribution in [2.45, 2.75) is 49.2 Å². The molecule has 0 saturated carbocycles. The number of hydrogen-bond donors (Lipinski definition) is 6. The van der Waals surface area contributed by atoms with Gasteiger partial charge >= 0.3 is 6.80 Å². The number of anilines is 2. The summed E-state index contributed by atoms with van der Waals surface area (Å²) in [5.41, 5.74) is 10.8. The van der Waals surface area contributed by atoms with Crippen LogP contribution in [0.3, 0.4) is 0 Å². The average molecular weight is 713 g/mol. The molecule has 4 aromatic heterocycles. The number of thiol groups is 2. The zero-order chi connectivity index (χ0) is 32.2. The van der Waals surface area contributed by atoms with Crippen LogP contribution in [0.2, 0.25) is 0 Å². The van der Waals surface area contributed by atoms with Gasteiger partial charge in [0.25, 0.3) is 5.56 Å². The maximum absolute atomic E-state index is 15.7. The van der Waals surface area contributed by atoms with Crippen LogP contribution in [0.1, 0.15) is 12.5 Å². The Morgan fingerprint density at radius 1 is 1.04 bits per heavy atom. The van der Waals surface area contributed by atoms with Crippen molar-refractivity contribution >= 4 is 72.6 Å². The number of halogens is 2. The molecule has 0 spiro atoms. The van der Waals surface area contributed by atoms with Gasteiger partial charge in [0.1, 0.15) is 36.3 Å². The van der Waals surface area contributed by atoms with Crippen LogP contribution in [-0.4, -0.2) is 94.1 Å². The number of aliphatic hydroxyl groups is 1. The number of fused-ring (bicyclic) bond motifs is 2. The molecule has 2 aliphatic heterocycles. The molecule has 4 aromatic rings. The Labute approximate surface area is 260 Å². The van der Waals surface area contributed by atoms with E-state index < -0.39 is 82.0 Å². The van der Waals surface area contributed by atoms with E-state index in [1.54, 1.807) is 0 Å². The smallest absolute Gasteiger partial charge is 0.386 e. The summed E-state index contributed by atoms with van der Waals surface area (Å²) >= 11 is 7.68. The molecule has 2 aliphatic rings. The second-order valence-corrected chi connectivity index (χ2v) is 14.5. The van der Waals surface area contributed by atoms with Gasteiger partial charge in [-0.1, -0.05) is 24.5 Å². The summed E-state index contributed by atoms with van der Waals surface area (Å²) in [5, 5.41) is 9.65. The fourth-order valence-electron chi connectivity index (χ4n) is 5.02. The first-order chi connectivity index (χ1) is 21.4. The van der Waals surface area contributed by atoms with Gasteiger partial charge in [0.2, 0.25) is 13.2 Å². The molecule has 6 heterocycles. The third-order valence-corrected chi connectivity index (χ3v) is 9.40. The van der Waals surface area contributed by atoms with E-state index in [0.717, 1.165) is 17.2 Å². The van der Waals surface area contributed by atoms with E-state index in [1.165, 1.54) is 10.9 Å². The van der Waals surface area contributed by atoms with Gasteiger partial charge < -0.3 is 30.6 Å². The highest BCUT2D eigenvalue weighted by atomic mass is 32.7. The molecule has 244 valence electrons. The minimum Gasteiger partial charge on any atom is -0.394 e. The van der Waals surface area contributed by atoms with Gasteiger partial charge in [-0.15, -0.1) is 0 Å². The van der Waals surface area contributed by atoms with Crippen LogP contribution < -0.4 is 17.0 Å². The maximum atomic E-state index is 15.7. The van der Waals surface area contributed by atoms with E-state index in [4.69, 9.17) is 34.5 Å². The van der Waals surface area contributed by atoms with Crippen molar-refractivity contribution in [2.24, 2.45) is 0 Å². The highest BCUT2D eigenvalue weighted by Gasteiger charge is 2.52. The molecule has 45 heavy (non-hydrogen) atoms. The molecule has 10 atom stereocenters. The first-order valence-electron chi connectivity index (χ1n) is 12.8. The SMILES string of the molecule is Nc1nc2c(ncn2[C@@H]2O[C@H](CO)[C@@H](F)[C@H]2OP(=O)(S)OC[C@H]2O[C@@H](n3cnc4c(N)ncnc43)[C@@H](F)[C@@H]2O[PH](=O)S)c(=O)[nH]1. The Balaban J connectivity index is 1.22. The second kappa shape index (κ2) is 12.5. The van der Waals surface area contributed by atoms with Gasteiger partial charge in [-0.3, -0.25) is 32.5 Å². The predicted octanol–water partition coefficient (Wildman–Crippen LogP) is 0.732. The lowest BCUT2D eigenvalue weighted by Crippen LogP contribution is -2.33. The van der Waals surface area contributed by atoms with Gasteiger partial charge in [0, 0.05) is 0 Å². The minimum atomic E-state index is -4.55. The molecule has 19 nitrogen and oxygen atoms in total. The van der Waals surface area contributed by atoms with Gasteiger partial charge in [0.05, 0.1) is 25.9 Å². The van der Waals surface area contributed by atoms with Crippen molar-refractivity contribution in [3.05, 3.63) is 29.3 Å². The molecule has 2 fully saturated rings. The number of ether oxygens (including phenoxy) is 2. The van der Waals surface area contributed by atoms with Crippen LogP contribution in [0.15, 0.2) is 23.8 Å². The number of rotatable bonds is 10. The second-order valence-electron chi connectivity index (χ2n) is 9.74. The standard InChI is InChI=1S/C20H24F2N10O9P2S2/c21-8-6(1-33)38-19(32-5-28-11-16(32)29-20(24)30-17(11)34)13(8)41-43(36,45)37-2-7-12(40-42(35)44)9(22)18(39-7)31-4-27-10-14(23)25-3-26-15(10)31/h3-9,12-13,18-19,33,42H,1-2H2,(H,35,44)(H,36,45)(H2,23,25,26)(H3,24,29,30,34)/t6-,7-,8-,9+,12-,13-,18-,19-,43?/m1/s1. The number of H-pyrrole nitrogens is 1. The average Bonchev–Trinajstić information content (AvgIpc) is 3.73. The Bertz CT molecular complexity index is 1870. The molecule has 0 aliphatic carbocycles. The number of alkyl halides is 2. The Kier molecular flexibility index (Phi) is 8.93. The van der Waals surface area contributed by atoms with Gasteiger partial charge in [0.15, 0.2) is 47.4 Å². The predicted molar refractivity (Wildman–Crippen MR) is 157 cm³/mol. The fraction of sp³-hybridized carbons (Fsp3) is 0.500. The molecule has 6 rings (SSSR count). The van der Waals surface area contributed by atoms with Crippen molar-refractivity contribution in [1.82, 2.24) is 39.0 Å². The van der Waals surface area contributed by atoms with Gasteiger partial charge in [-0.2, -0.15) is 4.98 Å². The first-order valence-corrected chi connectivity index (χ1v) is 18.1. The lowest BCUT2D eigenvalue weighted by molar-refractivity contribution is -0.0518.